The van der Waals surface area contributed by atoms with Crippen molar-refractivity contribution in [1.29, 1.82) is 0 Å². The molecule has 0 aliphatic heterocycles. The largest absolute Gasteiger partial charge is 0.454 e. The van der Waals surface area contributed by atoms with E-state index in [-0.39, 0.29) is 0 Å². The topological polar surface area (TPSA) is 43.9 Å². The van der Waals surface area contributed by atoms with Crippen LogP contribution in [-0.4, -0.2) is 14.5 Å². The van der Waals surface area contributed by atoms with E-state index in [0.29, 0.717) is 5.82 Å². The fourth-order valence-corrected chi connectivity index (χ4v) is 8.18. The minimum absolute atomic E-state index is 0.685. The minimum atomic E-state index is 0.685. The smallest absolute Gasteiger partial charge is 0.160 e. The Morgan fingerprint density at radius 2 is 0.893 bits per heavy atom. The van der Waals surface area contributed by atoms with E-state index >= 15 is 0 Å². The fraction of sp³-hybridized carbons (Fsp3) is 0. The zero-order valence-corrected chi connectivity index (χ0v) is 30.3. The van der Waals surface area contributed by atoms with Crippen molar-refractivity contribution in [3.63, 3.8) is 0 Å². The van der Waals surface area contributed by atoms with E-state index in [1.165, 1.54) is 10.8 Å². The molecular formula is C52H33N3O. The molecule has 0 amide bonds. The normalized spacial score (nSPS) is 11.6. The van der Waals surface area contributed by atoms with Crippen molar-refractivity contribution < 1.29 is 4.42 Å². The lowest BCUT2D eigenvalue weighted by Gasteiger charge is -2.11. The Morgan fingerprint density at radius 3 is 1.50 bits per heavy atom. The molecule has 0 spiro atoms. The van der Waals surface area contributed by atoms with Gasteiger partial charge in [-0.15, -0.1) is 0 Å². The lowest BCUT2D eigenvalue weighted by atomic mass is 9.94. The summed E-state index contributed by atoms with van der Waals surface area (Å²) in [6, 6.07) is 70.1. The van der Waals surface area contributed by atoms with Crippen LogP contribution in [0.3, 0.4) is 0 Å². The van der Waals surface area contributed by atoms with Crippen LogP contribution in [0.15, 0.2) is 205 Å². The van der Waals surface area contributed by atoms with Gasteiger partial charge in [0.25, 0.3) is 0 Å². The Kier molecular flexibility index (Phi) is 7.46. The van der Waals surface area contributed by atoms with Crippen molar-refractivity contribution in [1.82, 2.24) is 14.5 Å². The van der Waals surface area contributed by atoms with Gasteiger partial charge in [0.2, 0.25) is 0 Å². The molecule has 0 saturated carbocycles. The maximum absolute atomic E-state index is 6.99. The molecule has 0 unspecified atom stereocenters. The molecule has 56 heavy (non-hydrogen) atoms. The van der Waals surface area contributed by atoms with Gasteiger partial charge in [0.1, 0.15) is 5.58 Å². The first-order chi connectivity index (χ1) is 27.8. The Bertz CT molecular complexity index is 3110. The van der Waals surface area contributed by atoms with E-state index in [4.69, 9.17) is 14.4 Å². The fourth-order valence-electron chi connectivity index (χ4n) is 8.18. The summed E-state index contributed by atoms with van der Waals surface area (Å²) in [4.78, 5) is 10.2. The van der Waals surface area contributed by atoms with Crippen LogP contribution in [0.1, 0.15) is 0 Å². The second kappa shape index (κ2) is 13.1. The molecule has 11 rings (SSSR count). The molecule has 0 aliphatic carbocycles. The number of aromatic nitrogens is 3. The summed E-state index contributed by atoms with van der Waals surface area (Å²) in [5.41, 5.74) is 14.3. The van der Waals surface area contributed by atoms with Gasteiger partial charge in [-0.1, -0.05) is 164 Å². The van der Waals surface area contributed by atoms with Crippen molar-refractivity contribution >= 4 is 43.7 Å². The third-order valence-electron chi connectivity index (χ3n) is 10.8. The number of rotatable bonds is 6. The molecular weight excluding hydrogens is 683 g/mol. The van der Waals surface area contributed by atoms with Gasteiger partial charge < -0.3 is 8.98 Å². The first-order valence-corrected chi connectivity index (χ1v) is 18.9. The van der Waals surface area contributed by atoms with Gasteiger partial charge in [-0.2, -0.15) is 0 Å². The van der Waals surface area contributed by atoms with Crippen molar-refractivity contribution in [2.24, 2.45) is 0 Å². The molecule has 0 fully saturated rings. The SMILES string of the molecule is c1ccc(-c2cc(-c3ccc(-c4nc(-c5ccccc5)cc(-c5ccccc5)n4)cc3)c3c(c2)oc2c(-n4c5ccccc5c5ccccc54)cccc23)cc1. The second-order valence-corrected chi connectivity index (χ2v) is 14.2. The van der Waals surface area contributed by atoms with E-state index in [1.807, 2.05) is 36.4 Å². The zero-order valence-electron chi connectivity index (χ0n) is 30.3. The van der Waals surface area contributed by atoms with Gasteiger partial charge in [-0.05, 0) is 58.7 Å². The lowest BCUT2D eigenvalue weighted by molar-refractivity contribution is 0.666. The summed E-state index contributed by atoms with van der Waals surface area (Å²) in [6.07, 6.45) is 0. The molecule has 3 aromatic heterocycles. The van der Waals surface area contributed by atoms with Crippen LogP contribution in [0.5, 0.6) is 0 Å². The van der Waals surface area contributed by atoms with Crippen molar-refractivity contribution in [2.45, 2.75) is 0 Å². The highest BCUT2D eigenvalue weighted by atomic mass is 16.3. The van der Waals surface area contributed by atoms with Crippen molar-refractivity contribution in [2.75, 3.05) is 0 Å². The van der Waals surface area contributed by atoms with Gasteiger partial charge in [0.15, 0.2) is 11.4 Å². The molecule has 0 N–H and O–H groups in total. The van der Waals surface area contributed by atoms with Gasteiger partial charge in [-0.25, -0.2) is 9.97 Å². The molecule has 8 aromatic carbocycles. The standard InChI is InChI=1S/C52H33N3O/c1-4-15-34(16-5-1)39-31-43(35-27-29-38(30-28-35)52-53-44(36-17-6-2-7-18-36)33-45(54-52)37-19-8-3-9-20-37)50-42-23-14-26-48(51(42)56-49(50)32-39)55-46-24-12-10-21-40(46)41-22-11-13-25-47(41)55/h1-33H. The van der Waals surface area contributed by atoms with Gasteiger partial charge in [-0.3, -0.25) is 0 Å². The Balaban J connectivity index is 1.10. The van der Waals surface area contributed by atoms with Crippen LogP contribution in [0.2, 0.25) is 0 Å². The molecule has 4 heteroatoms. The van der Waals surface area contributed by atoms with Crippen LogP contribution in [-0.2, 0) is 0 Å². The van der Waals surface area contributed by atoms with E-state index < -0.39 is 0 Å². The molecule has 3 heterocycles. The highest BCUT2D eigenvalue weighted by Gasteiger charge is 2.21. The highest BCUT2D eigenvalue weighted by Crippen LogP contribution is 2.43. The third-order valence-corrected chi connectivity index (χ3v) is 10.8. The van der Waals surface area contributed by atoms with Crippen LogP contribution >= 0.6 is 0 Å². The summed E-state index contributed by atoms with van der Waals surface area (Å²) in [5, 5.41) is 4.60. The summed E-state index contributed by atoms with van der Waals surface area (Å²) in [5.74, 6) is 0.685. The minimum Gasteiger partial charge on any atom is -0.454 e. The molecule has 262 valence electrons. The number of hydrogen-bond acceptors (Lipinski definition) is 3. The van der Waals surface area contributed by atoms with Crippen molar-refractivity contribution in [3.8, 4) is 61.8 Å². The molecule has 0 saturated heterocycles. The van der Waals surface area contributed by atoms with Gasteiger partial charge in [0.05, 0.1) is 28.1 Å². The van der Waals surface area contributed by atoms with Crippen LogP contribution in [0, 0.1) is 0 Å². The van der Waals surface area contributed by atoms with Gasteiger partial charge >= 0.3 is 0 Å². The van der Waals surface area contributed by atoms with Crippen LogP contribution in [0.4, 0.5) is 0 Å². The molecule has 11 aromatic rings. The summed E-state index contributed by atoms with van der Waals surface area (Å²) in [6.45, 7) is 0. The number of para-hydroxylation sites is 3. The second-order valence-electron chi connectivity index (χ2n) is 14.2. The summed E-state index contributed by atoms with van der Waals surface area (Å²) in [7, 11) is 0. The average molecular weight is 716 g/mol. The Hall–Kier alpha value is -7.56. The van der Waals surface area contributed by atoms with Gasteiger partial charge in [0, 0.05) is 38.2 Å². The van der Waals surface area contributed by atoms with Crippen LogP contribution < -0.4 is 0 Å². The monoisotopic (exact) mass is 715 g/mol. The first kappa shape index (κ1) is 31.9. The van der Waals surface area contributed by atoms with E-state index in [1.54, 1.807) is 0 Å². The molecule has 4 nitrogen and oxygen atoms in total. The number of furan rings is 1. The Labute approximate surface area is 323 Å². The summed E-state index contributed by atoms with van der Waals surface area (Å²) >= 11 is 0. The number of hydrogen-bond donors (Lipinski definition) is 0. The Morgan fingerprint density at radius 1 is 0.375 bits per heavy atom. The maximum Gasteiger partial charge on any atom is 0.160 e. The lowest BCUT2D eigenvalue weighted by Crippen LogP contribution is -1.96. The third kappa shape index (κ3) is 5.31. The molecule has 0 bridgehead atoms. The highest BCUT2D eigenvalue weighted by molar-refractivity contribution is 6.17. The van der Waals surface area contributed by atoms with Crippen molar-refractivity contribution in [3.05, 3.63) is 200 Å². The van der Waals surface area contributed by atoms with E-state index in [2.05, 4.69) is 168 Å². The average Bonchev–Trinajstić information content (AvgIpc) is 3.83. The van der Waals surface area contributed by atoms with E-state index in [0.717, 1.165) is 89.0 Å². The molecule has 0 aliphatic rings. The van der Waals surface area contributed by atoms with E-state index in [9.17, 15) is 0 Å². The predicted octanol–water partition coefficient (Wildman–Crippen LogP) is 13.8. The zero-order chi connectivity index (χ0) is 37.0. The maximum atomic E-state index is 6.99. The first-order valence-electron chi connectivity index (χ1n) is 18.9. The summed E-state index contributed by atoms with van der Waals surface area (Å²) < 4.78 is 9.33. The number of nitrogens with zero attached hydrogens (tertiary/aromatic N) is 3. The quantitative estimate of drug-likeness (QED) is 0.172. The predicted molar refractivity (Wildman–Crippen MR) is 231 cm³/mol. The van der Waals surface area contributed by atoms with Crippen LogP contribution in [0.25, 0.3) is 106 Å². The number of fused-ring (bicyclic) bond motifs is 6. The molecule has 0 radical (unpaired) electrons. The molecule has 0 atom stereocenters. The number of benzene rings is 8.